The highest BCUT2D eigenvalue weighted by Gasteiger charge is 2.35. The molecule has 2 heteroatoms. The summed E-state index contributed by atoms with van der Waals surface area (Å²) < 4.78 is 0. The van der Waals surface area contributed by atoms with E-state index in [-0.39, 0.29) is 5.41 Å². The molecule has 0 aromatic heterocycles. The van der Waals surface area contributed by atoms with Crippen LogP contribution in [0.3, 0.4) is 0 Å². The van der Waals surface area contributed by atoms with Gasteiger partial charge in [-0.05, 0) is 105 Å². The molecule has 57 heavy (non-hydrogen) atoms. The molecule has 0 fully saturated rings. The fourth-order valence-corrected chi connectivity index (χ4v) is 8.73. The van der Waals surface area contributed by atoms with E-state index in [1.165, 1.54) is 43.8 Å². The Bertz CT molecular complexity index is 2830. The SMILES string of the molecule is CC1(C)c2ccccc2-c2ccc(N(c3ccccc3)c3ccc(C=Cc4ccc(N(c5cccc6ccccc56)c5cccc6ccccc56)cc4)cc3)cc21. The van der Waals surface area contributed by atoms with Crippen molar-refractivity contribution in [1.82, 2.24) is 0 Å². The van der Waals surface area contributed by atoms with E-state index in [0.717, 1.165) is 45.3 Å². The summed E-state index contributed by atoms with van der Waals surface area (Å²) in [5, 5.41) is 4.88. The fraction of sp³-hybridized carbons (Fsp3) is 0.0545. The second kappa shape index (κ2) is 14.2. The number of rotatable bonds is 8. The van der Waals surface area contributed by atoms with Crippen molar-refractivity contribution in [2.45, 2.75) is 19.3 Å². The van der Waals surface area contributed by atoms with Gasteiger partial charge in [-0.15, -0.1) is 0 Å². The molecule has 0 radical (unpaired) electrons. The van der Waals surface area contributed by atoms with Crippen LogP contribution in [0.4, 0.5) is 34.1 Å². The van der Waals surface area contributed by atoms with Gasteiger partial charge in [-0.2, -0.15) is 0 Å². The summed E-state index contributed by atoms with van der Waals surface area (Å²) in [5.74, 6) is 0. The highest BCUT2D eigenvalue weighted by molar-refractivity contribution is 6.04. The van der Waals surface area contributed by atoms with Gasteiger partial charge in [0.1, 0.15) is 0 Å². The minimum Gasteiger partial charge on any atom is -0.310 e. The quantitative estimate of drug-likeness (QED) is 0.144. The maximum Gasteiger partial charge on any atom is 0.0540 e. The molecule has 1 aliphatic rings. The van der Waals surface area contributed by atoms with E-state index in [0.29, 0.717) is 0 Å². The van der Waals surface area contributed by atoms with Crippen LogP contribution in [-0.4, -0.2) is 0 Å². The minimum atomic E-state index is -0.0682. The smallest absolute Gasteiger partial charge is 0.0540 e. The van der Waals surface area contributed by atoms with Crippen molar-refractivity contribution in [3.8, 4) is 11.1 Å². The van der Waals surface area contributed by atoms with Crippen molar-refractivity contribution >= 4 is 67.8 Å². The van der Waals surface area contributed by atoms with Gasteiger partial charge in [0, 0.05) is 38.9 Å². The van der Waals surface area contributed by atoms with E-state index < -0.39 is 0 Å². The maximum absolute atomic E-state index is 2.40. The number of hydrogen-bond donors (Lipinski definition) is 0. The van der Waals surface area contributed by atoms with Crippen molar-refractivity contribution in [3.05, 3.63) is 229 Å². The zero-order valence-electron chi connectivity index (χ0n) is 32.2. The monoisotopic (exact) mass is 730 g/mol. The van der Waals surface area contributed by atoms with Crippen molar-refractivity contribution in [2.24, 2.45) is 0 Å². The first-order valence-electron chi connectivity index (χ1n) is 19.8. The number of para-hydroxylation sites is 1. The van der Waals surface area contributed by atoms with Crippen molar-refractivity contribution in [3.63, 3.8) is 0 Å². The molecule has 2 nitrogen and oxygen atoms in total. The molecule has 1 aliphatic carbocycles. The van der Waals surface area contributed by atoms with Gasteiger partial charge in [-0.3, -0.25) is 0 Å². The van der Waals surface area contributed by atoms with Gasteiger partial charge in [0.15, 0.2) is 0 Å². The average molecular weight is 731 g/mol. The molecular formula is C55H42N2. The molecule has 9 aromatic rings. The van der Waals surface area contributed by atoms with E-state index in [2.05, 4.69) is 242 Å². The normalized spacial score (nSPS) is 12.8. The van der Waals surface area contributed by atoms with E-state index in [4.69, 9.17) is 0 Å². The molecule has 0 heterocycles. The number of anilines is 6. The maximum atomic E-state index is 2.40. The van der Waals surface area contributed by atoms with E-state index in [1.807, 2.05) is 0 Å². The zero-order chi connectivity index (χ0) is 38.3. The lowest BCUT2D eigenvalue weighted by atomic mass is 9.82. The Hall–Kier alpha value is -7.16. The molecule has 0 N–H and O–H groups in total. The van der Waals surface area contributed by atoms with Gasteiger partial charge in [-0.1, -0.05) is 172 Å². The standard InChI is InChI=1S/C55H42N2/c1-55(2)51-23-11-10-22-49(51)50-37-36-46(38-52(50)55)56(43-18-4-3-5-19-43)44-32-28-39(29-33-44)26-27-40-30-34-45(35-31-40)57(53-24-12-16-41-14-6-8-20-47(41)53)54-25-13-17-42-15-7-9-21-48(42)54/h3-38H,1-2H3. The molecule has 0 spiro atoms. The Balaban J connectivity index is 0.958. The van der Waals surface area contributed by atoms with Crippen molar-refractivity contribution < 1.29 is 0 Å². The van der Waals surface area contributed by atoms with Crippen molar-refractivity contribution in [1.29, 1.82) is 0 Å². The van der Waals surface area contributed by atoms with Gasteiger partial charge in [-0.25, -0.2) is 0 Å². The molecule has 0 aliphatic heterocycles. The predicted octanol–water partition coefficient (Wildman–Crippen LogP) is 15.4. The summed E-state index contributed by atoms with van der Waals surface area (Å²) in [5.41, 5.74) is 14.5. The van der Waals surface area contributed by atoms with Gasteiger partial charge in [0.05, 0.1) is 11.4 Å². The van der Waals surface area contributed by atoms with Crippen LogP contribution in [0.1, 0.15) is 36.1 Å². The molecule has 0 unspecified atom stereocenters. The molecular weight excluding hydrogens is 689 g/mol. The molecule has 0 atom stereocenters. The van der Waals surface area contributed by atoms with Crippen LogP contribution in [0.25, 0.3) is 44.8 Å². The molecule has 0 saturated heterocycles. The Morgan fingerprint density at radius 1 is 0.351 bits per heavy atom. The second-order valence-electron chi connectivity index (χ2n) is 15.4. The number of benzene rings is 9. The highest BCUT2D eigenvalue weighted by Crippen LogP contribution is 2.50. The van der Waals surface area contributed by atoms with Crippen LogP contribution in [0.15, 0.2) is 206 Å². The lowest BCUT2D eigenvalue weighted by Crippen LogP contribution is -2.16. The second-order valence-corrected chi connectivity index (χ2v) is 15.4. The van der Waals surface area contributed by atoms with Crippen LogP contribution in [-0.2, 0) is 5.41 Å². The van der Waals surface area contributed by atoms with Gasteiger partial charge in [0.25, 0.3) is 0 Å². The Morgan fingerprint density at radius 2 is 0.807 bits per heavy atom. The lowest BCUT2D eigenvalue weighted by molar-refractivity contribution is 0.660. The average Bonchev–Trinajstić information content (AvgIpc) is 3.50. The summed E-state index contributed by atoms with van der Waals surface area (Å²) in [4.78, 5) is 4.76. The van der Waals surface area contributed by atoms with Crippen LogP contribution >= 0.6 is 0 Å². The zero-order valence-corrected chi connectivity index (χ0v) is 32.2. The Labute approximate surface area is 335 Å². The first-order chi connectivity index (χ1) is 28.0. The van der Waals surface area contributed by atoms with Crippen LogP contribution in [0.5, 0.6) is 0 Å². The van der Waals surface area contributed by atoms with Gasteiger partial charge in [0.2, 0.25) is 0 Å². The summed E-state index contributed by atoms with van der Waals surface area (Å²) in [6.45, 7) is 4.68. The third kappa shape index (κ3) is 6.16. The van der Waals surface area contributed by atoms with Crippen LogP contribution in [0.2, 0.25) is 0 Å². The summed E-state index contributed by atoms with van der Waals surface area (Å²) in [7, 11) is 0. The lowest BCUT2D eigenvalue weighted by Gasteiger charge is -2.28. The van der Waals surface area contributed by atoms with Crippen LogP contribution in [0, 0.1) is 0 Å². The van der Waals surface area contributed by atoms with E-state index in [1.54, 1.807) is 0 Å². The van der Waals surface area contributed by atoms with Gasteiger partial charge < -0.3 is 9.80 Å². The van der Waals surface area contributed by atoms with E-state index in [9.17, 15) is 0 Å². The van der Waals surface area contributed by atoms with Crippen LogP contribution < -0.4 is 9.80 Å². The molecule has 0 amide bonds. The number of hydrogen-bond acceptors (Lipinski definition) is 2. The summed E-state index contributed by atoms with van der Waals surface area (Å²) in [6.07, 6.45) is 4.40. The third-order valence-electron chi connectivity index (χ3n) is 11.6. The highest BCUT2D eigenvalue weighted by atomic mass is 15.1. The third-order valence-corrected chi connectivity index (χ3v) is 11.6. The minimum absolute atomic E-state index is 0.0682. The summed E-state index contributed by atoms with van der Waals surface area (Å²) >= 11 is 0. The van der Waals surface area contributed by atoms with Gasteiger partial charge >= 0.3 is 0 Å². The first-order valence-corrected chi connectivity index (χ1v) is 19.8. The Kier molecular flexibility index (Phi) is 8.53. The van der Waals surface area contributed by atoms with Crippen molar-refractivity contribution in [2.75, 3.05) is 9.80 Å². The molecule has 272 valence electrons. The topological polar surface area (TPSA) is 6.48 Å². The number of nitrogens with zero attached hydrogens (tertiary/aromatic N) is 2. The predicted molar refractivity (Wildman–Crippen MR) is 244 cm³/mol. The fourth-order valence-electron chi connectivity index (χ4n) is 8.73. The Morgan fingerprint density at radius 3 is 1.42 bits per heavy atom. The first kappa shape index (κ1) is 34.3. The molecule has 0 saturated carbocycles. The van der Waals surface area contributed by atoms with E-state index >= 15 is 0 Å². The molecule has 9 aromatic carbocycles. The molecule has 0 bridgehead atoms. The largest absolute Gasteiger partial charge is 0.310 e. The number of fused-ring (bicyclic) bond motifs is 5. The summed E-state index contributed by atoms with van der Waals surface area (Å²) in [6, 6.07) is 74.7. The molecule has 10 rings (SSSR count).